The molecule has 2 aromatic carbocycles. The largest absolute Gasteiger partial charge is 0.395 e. The quantitative estimate of drug-likeness (QED) is 0.282. The molecule has 0 bridgehead atoms. The van der Waals surface area contributed by atoms with Gasteiger partial charge < -0.3 is 10.2 Å². The van der Waals surface area contributed by atoms with Crippen molar-refractivity contribution in [3.63, 3.8) is 0 Å². The van der Waals surface area contributed by atoms with Gasteiger partial charge in [-0.3, -0.25) is 0 Å². The number of benzene rings is 2. The Kier molecular flexibility index (Phi) is 13.7. The average Bonchev–Trinajstić information content (AvgIpc) is 2.84. The fraction of sp³-hybridized carbons (Fsp3) is 0.500. The minimum absolute atomic E-state index is 0.225. The van der Waals surface area contributed by atoms with Crippen LogP contribution in [0.25, 0.3) is 0 Å². The molecule has 2 nitrogen and oxygen atoms in total. The lowest BCUT2D eigenvalue weighted by Crippen LogP contribution is -2.26. The van der Waals surface area contributed by atoms with Crippen LogP contribution in [0.4, 0.5) is 0 Å². The normalized spacial score (nSPS) is 20.7. The summed E-state index contributed by atoms with van der Waals surface area (Å²) in [5.74, 6) is 7.28. The first-order valence-electron chi connectivity index (χ1n) is 10.8. The van der Waals surface area contributed by atoms with Crippen LogP contribution in [0.1, 0.15) is 0 Å². The molecule has 1 aliphatic rings. The summed E-state index contributed by atoms with van der Waals surface area (Å²) < 4.78 is 0. The van der Waals surface area contributed by atoms with Gasteiger partial charge in [0.05, 0.1) is 12.7 Å². The van der Waals surface area contributed by atoms with E-state index in [1.165, 1.54) is 21.3 Å². The summed E-state index contributed by atoms with van der Waals surface area (Å²) in [6, 6.07) is 20.7. The van der Waals surface area contributed by atoms with Crippen molar-refractivity contribution < 1.29 is 10.2 Å². The lowest BCUT2D eigenvalue weighted by atomic mass is 10.4. The van der Waals surface area contributed by atoms with Crippen LogP contribution in [-0.4, -0.2) is 78.9 Å². The molecular formula is C24H32O2S6. The van der Waals surface area contributed by atoms with Crippen LogP contribution in [0.5, 0.6) is 0 Å². The number of aliphatic hydroxyl groups is 2. The summed E-state index contributed by atoms with van der Waals surface area (Å²) in [5, 5.41) is 21.7. The Labute approximate surface area is 218 Å². The van der Waals surface area contributed by atoms with Crippen LogP contribution >= 0.6 is 70.6 Å². The van der Waals surface area contributed by atoms with Gasteiger partial charge in [0.25, 0.3) is 0 Å². The third-order valence-electron chi connectivity index (χ3n) is 4.65. The Hall–Kier alpha value is 0.460. The second kappa shape index (κ2) is 16.2. The van der Waals surface area contributed by atoms with E-state index in [0.717, 1.165) is 28.8 Å². The van der Waals surface area contributed by atoms with E-state index >= 15 is 0 Å². The zero-order valence-electron chi connectivity index (χ0n) is 18.1. The van der Waals surface area contributed by atoms with Crippen molar-refractivity contribution in [2.45, 2.75) is 31.6 Å². The lowest BCUT2D eigenvalue weighted by Gasteiger charge is -2.28. The Bertz CT molecular complexity index is 736. The molecular weight excluding hydrogens is 513 g/mol. The summed E-state index contributed by atoms with van der Waals surface area (Å²) in [6.45, 7) is 0.225. The number of hydrogen-bond acceptors (Lipinski definition) is 8. The van der Waals surface area contributed by atoms with Gasteiger partial charge >= 0.3 is 0 Å². The topological polar surface area (TPSA) is 40.5 Å². The highest BCUT2D eigenvalue weighted by Crippen LogP contribution is 2.35. The second-order valence-corrected chi connectivity index (χ2v) is 14.8. The van der Waals surface area contributed by atoms with Crippen molar-refractivity contribution in [1.29, 1.82) is 0 Å². The highest BCUT2D eigenvalue weighted by Gasteiger charge is 2.23. The van der Waals surface area contributed by atoms with Crippen molar-refractivity contribution in [2.24, 2.45) is 0 Å². The van der Waals surface area contributed by atoms with Crippen LogP contribution in [0.2, 0.25) is 0 Å². The van der Waals surface area contributed by atoms with Crippen LogP contribution < -0.4 is 0 Å². The summed E-state index contributed by atoms with van der Waals surface area (Å²) in [7, 11) is 0. The Morgan fingerprint density at radius 1 is 0.812 bits per heavy atom. The molecule has 0 aromatic heterocycles. The smallest absolute Gasteiger partial charge is 0.0724 e. The summed E-state index contributed by atoms with van der Waals surface area (Å²) in [6.07, 6.45) is -0.254. The molecule has 1 saturated heterocycles. The van der Waals surface area contributed by atoms with E-state index in [1.807, 2.05) is 47.8 Å². The second-order valence-electron chi connectivity index (χ2n) is 7.51. The van der Waals surface area contributed by atoms with Gasteiger partial charge in [-0.2, -0.15) is 47.0 Å². The van der Waals surface area contributed by atoms with Gasteiger partial charge in [-0.05, 0) is 24.3 Å². The molecule has 0 aliphatic carbocycles. The fourth-order valence-electron chi connectivity index (χ4n) is 3.10. The molecule has 2 N–H and O–H groups in total. The zero-order chi connectivity index (χ0) is 22.4. The standard InChI is InChI=1S/C24H32O2S6/c25-11-22(31-21-9-5-2-6-10-21)14-28-16-24-18-29-17-23(32-24)15-27-12-19(26)13-30-20-7-3-1-4-8-20/h1-10,19,22-26H,11-18H2. The molecule has 3 rings (SSSR count). The molecule has 4 atom stereocenters. The molecule has 0 radical (unpaired) electrons. The Morgan fingerprint density at radius 3 is 2.03 bits per heavy atom. The zero-order valence-corrected chi connectivity index (χ0v) is 23.0. The SMILES string of the molecule is OCC(CSCC1CSCC(CSCC(O)CSc2ccccc2)S1)Sc1ccccc1. The predicted octanol–water partition coefficient (Wildman–Crippen LogP) is 5.98. The van der Waals surface area contributed by atoms with Crippen LogP contribution in [0, 0.1) is 0 Å². The molecule has 1 fully saturated rings. The molecule has 176 valence electrons. The van der Waals surface area contributed by atoms with E-state index in [1.54, 1.807) is 23.5 Å². The molecule has 1 aliphatic heterocycles. The van der Waals surface area contributed by atoms with Gasteiger partial charge in [0.1, 0.15) is 0 Å². The maximum atomic E-state index is 10.3. The average molecular weight is 545 g/mol. The number of hydrogen-bond donors (Lipinski definition) is 2. The number of rotatable bonds is 14. The number of aliphatic hydroxyl groups excluding tert-OH is 2. The maximum Gasteiger partial charge on any atom is 0.0724 e. The van der Waals surface area contributed by atoms with Crippen LogP contribution in [0.15, 0.2) is 70.5 Å². The van der Waals surface area contributed by atoms with Crippen LogP contribution in [0.3, 0.4) is 0 Å². The minimum atomic E-state index is -0.254. The molecule has 1 heterocycles. The lowest BCUT2D eigenvalue weighted by molar-refractivity contribution is 0.225. The molecule has 0 amide bonds. The van der Waals surface area contributed by atoms with E-state index in [2.05, 4.69) is 59.9 Å². The third kappa shape index (κ3) is 10.8. The van der Waals surface area contributed by atoms with Crippen molar-refractivity contribution in [2.75, 3.05) is 46.9 Å². The van der Waals surface area contributed by atoms with Gasteiger partial charge in [-0.1, -0.05) is 36.4 Å². The van der Waals surface area contributed by atoms with E-state index in [0.29, 0.717) is 10.5 Å². The molecule has 4 unspecified atom stereocenters. The summed E-state index contributed by atoms with van der Waals surface area (Å²) in [5.41, 5.74) is 0. The molecule has 8 heteroatoms. The first-order chi connectivity index (χ1) is 15.7. The maximum absolute atomic E-state index is 10.3. The first-order valence-corrected chi connectivity index (χ1v) is 17.1. The molecule has 32 heavy (non-hydrogen) atoms. The predicted molar refractivity (Wildman–Crippen MR) is 153 cm³/mol. The highest BCUT2D eigenvalue weighted by atomic mass is 32.2. The highest BCUT2D eigenvalue weighted by molar-refractivity contribution is 8.09. The van der Waals surface area contributed by atoms with Crippen molar-refractivity contribution in [3.05, 3.63) is 60.7 Å². The van der Waals surface area contributed by atoms with Gasteiger partial charge in [0.2, 0.25) is 0 Å². The minimum Gasteiger partial charge on any atom is -0.395 e. The van der Waals surface area contributed by atoms with E-state index in [-0.39, 0.29) is 18.0 Å². The van der Waals surface area contributed by atoms with Gasteiger partial charge in [-0.25, -0.2) is 0 Å². The molecule has 0 spiro atoms. The van der Waals surface area contributed by atoms with E-state index in [9.17, 15) is 10.2 Å². The number of thioether (sulfide) groups is 6. The molecule has 0 saturated carbocycles. The Balaban J connectivity index is 1.27. The Morgan fingerprint density at radius 2 is 1.41 bits per heavy atom. The van der Waals surface area contributed by atoms with Gasteiger partial charge in [0.15, 0.2) is 0 Å². The van der Waals surface area contributed by atoms with E-state index < -0.39 is 0 Å². The van der Waals surface area contributed by atoms with Gasteiger partial charge in [0, 0.05) is 65.8 Å². The van der Waals surface area contributed by atoms with Crippen LogP contribution in [-0.2, 0) is 0 Å². The van der Waals surface area contributed by atoms with E-state index in [4.69, 9.17) is 0 Å². The van der Waals surface area contributed by atoms with Crippen molar-refractivity contribution >= 4 is 70.6 Å². The van der Waals surface area contributed by atoms with Crippen molar-refractivity contribution in [1.82, 2.24) is 0 Å². The molecule has 2 aromatic rings. The third-order valence-corrected chi connectivity index (χ3v) is 13.3. The first kappa shape index (κ1) is 27.1. The van der Waals surface area contributed by atoms with Gasteiger partial charge in [-0.15, -0.1) is 23.5 Å². The summed E-state index contributed by atoms with van der Waals surface area (Å²) in [4.78, 5) is 2.46. The fourth-order valence-corrected chi connectivity index (χ4v) is 11.4. The summed E-state index contributed by atoms with van der Waals surface area (Å²) >= 11 is 11.6. The monoisotopic (exact) mass is 544 g/mol. The van der Waals surface area contributed by atoms with Crippen molar-refractivity contribution in [3.8, 4) is 0 Å².